The largest absolute Gasteiger partial charge is 0.364 e. The van der Waals surface area contributed by atoms with Crippen LogP contribution in [-0.2, 0) is 10.0 Å². The molecule has 0 radical (unpaired) electrons. The predicted molar refractivity (Wildman–Crippen MR) is 86.2 cm³/mol. The van der Waals surface area contributed by atoms with Gasteiger partial charge in [-0.25, -0.2) is 8.42 Å². The Morgan fingerprint density at radius 2 is 1.85 bits per heavy atom. The Kier molecular flexibility index (Phi) is 3.90. The van der Waals surface area contributed by atoms with E-state index in [4.69, 9.17) is 0 Å². The predicted octanol–water partition coefficient (Wildman–Crippen LogP) is 3.00. The quantitative estimate of drug-likeness (QED) is 0.800. The summed E-state index contributed by atoms with van der Waals surface area (Å²) in [6, 6.07) is 7.94. The Bertz CT molecular complexity index is 645. The van der Waals surface area contributed by atoms with Gasteiger partial charge in [0.15, 0.2) is 0 Å². The van der Waals surface area contributed by atoms with E-state index in [1.54, 1.807) is 0 Å². The summed E-state index contributed by atoms with van der Waals surface area (Å²) >= 11 is 1.45. The molecule has 1 heterocycles. The summed E-state index contributed by atoms with van der Waals surface area (Å²) in [6.07, 6.45) is 1.14. The maximum absolute atomic E-state index is 11.6. The molecular weight excluding hydrogens is 292 g/mol. The van der Waals surface area contributed by atoms with Gasteiger partial charge in [0.05, 0.1) is 18.0 Å². The minimum absolute atomic E-state index is 0.0582. The Labute approximate surface area is 125 Å². The van der Waals surface area contributed by atoms with Gasteiger partial charge in [-0.05, 0) is 17.5 Å². The first-order valence-electron chi connectivity index (χ1n) is 6.39. The molecule has 1 atom stereocenters. The minimum atomic E-state index is -3.40. The van der Waals surface area contributed by atoms with Crippen molar-refractivity contribution in [2.75, 3.05) is 18.2 Å². The van der Waals surface area contributed by atoms with Gasteiger partial charge in [0.25, 0.3) is 10.0 Å². The molecule has 0 saturated heterocycles. The molecule has 0 N–H and O–H groups in total. The van der Waals surface area contributed by atoms with Crippen molar-refractivity contribution in [2.45, 2.75) is 31.7 Å². The van der Waals surface area contributed by atoms with Crippen LogP contribution in [-0.4, -0.2) is 32.8 Å². The molecular formula is C14H20N2O2S2. The van der Waals surface area contributed by atoms with E-state index in [1.165, 1.54) is 11.8 Å². The van der Waals surface area contributed by atoms with Gasteiger partial charge >= 0.3 is 0 Å². The Morgan fingerprint density at radius 3 is 2.40 bits per heavy atom. The van der Waals surface area contributed by atoms with Crippen LogP contribution in [0.3, 0.4) is 0 Å². The highest BCUT2D eigenvalue weighted by molar-refractivity contribution is 8.15. The number of para-hydroxylation sites is 1. The van der Waals surface area contributed by atoms with E-state index >= 15 is 0 Å². The van der Waals surface area contributed by atoms with Gasteiger partial charge in [-0.1, -0.05) is 44.7 Å². The number of thioether (sulfide) groups is 1. The zero-order chi connectivity index (χ0) is 15.1. The van der Waals surface area contributed by atoms with Crippen LogP contribution in [0.25, 0.3) is 0 Å². The molecule has 1 unspecified atom stereocenters. The molecule has 0 amide bonds. The molecule has 1 aliphatic rings. The van der Waals surface area contributed by atoms with Crippen molar-refractivity contribution in [3.05, 3.63) is 24.3 Å². The molecule has 6 heteroatoms. The number of fused-ring (bicyclic) bond motifs is 1. The molecule has 110 valence electrons. The first-order chi connectivity index (χ1) is 9.09. The van der Waals surface area contributed by atoms with Crippen LogP contribution in [0, 0.1) is 5.41 Å². The number of anilines is 1. The number of benzene rings is 1. The molecule has 0 spiro atoms. The van der Waals surface area contributed by atoms with E-state index in [1.807, 2.05) is 25.2 Å². The van der Waals surface area contributed by atoms with Crippen molar-refractivity contribution < 1.29 is 8.42 Å². The number of hydrogen-bond donors (Lipinski definition) is 0. The zero-order valence-electron chi connectivity index (χ0n) is 12.4. The normalized spacial score (nSPS) is 21.9. The van der Waals surface area contributed by atoms with Crippen molar-refractivity contribution in [1.82, 2.24) is 0 Å². The summed E-state index contributed by atoms with van der Waals surface area (Å²) in [6.45, 7) is 6.29. The van der Waals surface area contributed by atoms with Gasteiger partial charge in [-0.15, -0.1) is 0 Å². The van der Waals surface area contributed by atoms with Crippen molar-refractivity contribution in [3.63, 3.8) is 0 Å². The van der Waals surface area contributed by atoms with E-state index in [9.17, 15) is 8.42 Å². The fourth-order valence-corrected chi connectivity index (χ4v) is 4.79. The first-order valence-corrected chi connectivity index (χ1v) is 9.05. The maximum Gasteiger partial charge on any atom is 0.251 e. The molecule has 0 aliphatic carbocycles. The van der Waals surface area contributed by atoms with Gasteiger partial charge in [-0.3, -0.25) is 0 Å². The fraction of sp³-hybridized carbons (Fsp3) is 0.500. The van der Waals surface area contributed by atoms with E-state index in [0.29, 0.717) is 5.04 Å². The number of sulfonamides is 1. The molecule has 0 aromatic heterocycles. The first kappa shape index (κ1) is 15.4. The summed E-state index contributed by atoms with van der Waals surface area (Å²) in [5.74, 6) is 0. The van der Waals surface area contributed by atoms with Gasteiger partial charge in [0.1, 0.15) is 5.04 Å². The molecule has 1 aromatic rings. The molecule has 0 saturated carbocycles. The lowest BCUT2D eigenvalue weighted by Crippen LogP contribution is -2.49. The third kappa shape index (κ3) is 3.17. The molecule has 1 aliphatic heterocycles. The Hall–Kier alpha value is -1.01. The second kappa shape index (κ2) is 5.07. The molecule has 20 heavy (non-hydrogen) atoms. The second-order valence-corrected chi connectivity index (χ2v) is 8.82. The number of rotatable bonds is 1. The van der Waals surface area contributed by atoms with Crippen LogP contribution in [0.2, 0.25) is 0 Å². The fourth-order valence-electron chi connectivity index (χ4n) is 2.49. The smallest absolute Gasteiger partial charge is 0.251 e. The van der Waals surface area contributed by atoms with Gasteiger partial charge in [0.2, 0.25) is 0 Å². The summed E-state index contributed by atoms with van der Waals surface area (Å²) in [4.78, 5) is 3.16. The highest BCUT2D eigenvalue weighted by Crippen LogP contribution is 2.43. The second-order valence-electron chi connectivity index (χ2n) is 6.11. The van der Waals surface area contributed by atoms with Crippen molar-refractivity contribution in [3.8, 4) is 0 Å². The van der Waals surface area contributed by atoms with Crippen molar-refractivity contribution in [2.24, 2.45) is 9.81 Å². The van der Waals surface area contributed by atoms with Crippen LogP contribution < -0.4 is 4.90 Å². The summed E-state index contributed by atoms with van der Waals surface area (Å²) in [5.41, 5.74) is 1.00. The van der Waals surface area contributed by atoms with Gasteiger partial charge < -0.3 is 4.90 Å². The van der Waals surface area contributed by atoms with Crippen LogP contribution in [0.15, 0.2) is 33.6 Å². The highest BCUT2D eigenvalue weighted by atomic mass is 32.2. The van der Waals surface area contributed by atoms with E-state index in [0.717, 1.165) is 16.8 Å². The van der Waals surface area contributed by atoms with Crippen molar-refractivity contribution in [1.29, 1.82) is 0 Å². The Balaban J connectivity index is 2.60. The highest BCUT2D eigenvalue weighted by Gasteiger charge is 2.38. The monoisotopic (exact) mass is 312 g/mol. The summed E-state index contributed by atoms with van der Waals surface area (Å²) in [5, 5.41) is 0.640. The Morgan fingerprint density at radius 1 is 1.25 bits per heavy atom. The molecule has 1 aromatic carbocycles. The zero-order valence-corrected chi connectivity index (χ0v) is 14.0. The lowest BCUT2D eigenvalue weighted by molar-refractivity contribution is 0.373. The minimum Gasteiger partial charge on any atom is -0.364 e. The number of nitrogens with zero attached hydrogens (tertiary/aromatic N) is 2. The summed E-state index contributed by atoms with van der Waals surface area (Å²) < 4.78 is 27.1. The average molecular weight is 312 g/mol. The molecule has 2 rings (SSSR count). The summed E-state index contributed by atoms with van der Waals surface area (Å²) in [7, 11) is -1.41. The topological polar surface area (TPSA) is 49.7 Å². The van der Waals surface area contributed by atoms with E-state index in [2.05, 4.69) is 36.1 Å². The van der Waals surface area contributed by atoms with E-state index < -0.39 is 10.0 Å². The average Bonchev–Trinajstić information content (AvgIpc) is 2.24. The molecule has 0 bridgehead atoms. The standard InChI is InChI=1S/C14H20N2O2S2/c1-14(2,3)12-13(15-20(5,17)18)19-11-9-7-6-8-10(11)16(12)4/h6-9,12H,1-5H3. The van der Waals surface area contributed by atoms with E-state index in [-0.39, 0.29) is 11.5 Å². The lowest BCUT2D eigenvalue weighted by Gasteiger charge is -2.43. The lowest BCUT2D eigenvalue weighted by atomic mass is 9.86. The van der Waals surface area contributed by atoms with Crippen molar-refractivity contribution >= 4 is 32.5 Å². The number of hydrogen-bond acceptors (Lipinski definition) is 4. The SMILES string of the molecule is CN1c2ccccc2SC(=NS(C)(=O)=O)C1C(C)(C)C. The van der Waals surface area contributed by atoms with Gasteiger partial charge in [0, 0.05) is 11.9 Å². The molecule has 4 nitrogen and oxygen atoms in total. The third-order valence-electron chi connectivity index (χ3n) is 3.16. The van der Waals surface area contributed by atoms with Crippen LogP contribution in [0.1, 0.15) is 20.8 Å². The van der Waals surface area contributed by atoms with Crippen LogP contribution in [0.5, 0.6) is 0 Å². The van der Waals surface area contributed by atoms with Gasteiger partial charge in [-0.2, -0.15) is 4.40 Å². The molecule has 0 fully saturated rings. The third-order valence-corrected chi connectivity index (χ3v) is 4.89. The van der Waals surface area contributed by atoms with Crippen LogP contribution >= 0.6 is 11.8 Å². The van der Waals surface area contributed by atoms with Crippen LogP contribution in [0.4, 0.5) is 5.69 Å². The maximum atomic E-state index is 11.6.